The van der Waals surface area contributed by atoms with Crippen molar-refractivity contribution >= 4 is 0 Å². The number of rotatable bonds is 14. The molecule has 1 saturated heterocycles. The first-order valence-electron chi connectivity index (χ1n) is 9.34. The van der Waals surface area contributed by atoms with Gasteiger partial charge in [-0.05, 0) is 26.2 Å². The van der Waals surface area contributed by atoms with Crippen molar-refractivity contribution < 1.29 is 14.2 Å². The third kappa shape index (κ3) is 6.97. The number of hydrogen-bond acceptors (Lipinski definition) is 3. The molecule has 0 aliphatic carbocycles. The fourth-order valence-electron chi connectivity index (χ4n) is 3.36. The third-order valence-electron chi connectivity index (χ3n) is 5.33. The highest BCUT2D eigenvalue weighted by Gasteiger charge is 2.33. The molecular weight excluding hydrogens is 276 g/mol. The smallest absolute Gasteiger partial charge is 0.167 e. The molecule has 0 aromatic carbocycles. The maximum absolute atomic E-state index is 5.70. The summed E-state index contributed by atoms with van der Waals surface area (Å²) >= 11 is 0. The molecule has 0 spiro atoms. The van der Waals surface area contributed by atoms with Crippen molar-refractivity contribution in [1.29, 1.82) is 0 Å². The van der Waals surface area contributed by atoms with Crippen LogP contribution in [0.5, 0.6) is 0 Å². The van der Waals surface area contributed by atoms with Crippen LogP contribution in [0.15, 0.2) is 0 Å². The van der Waals surface area contributed by atoms with Gasteiger partial charge in [0.05, 0.1) is 13.2 Å². The molecule has 3 heteroatoms. The van der Waals surface area contributed by atoms with E-state index in [1.54, 1.807) is 14.2 Å². The van der Waals surface area contributed by atoms with E-state index in [2.05, 4.69) is 13.8 Å². The molecular formula is C19H38O3. The summed E-state index contributed by atoms with van der Waals surface area (Å²) in [6.07, 6.45) is 13.0. The van der Waals surface area contributed by atoms with Gasteiger partial charge in [-0.1, -0.05) is 51.9 Å². The molecule has 0 N–H and O–H groups in total. The van der Waals surface area contributed by atoms with E-state index in [0.29, 0.717) is 5.92 Å². The van der Waals surface area contributed by atoms with Crippen LogP contribution < -0.4 is 0 Å². The van der Waals surface area contributed by atoms with Crippen molar-refractivity contribution in [3.63, 3.8) is 0 Å². The predicted octanol–water partition coefficient (Wildman–Crippen LogP) is 5.18. The van der Waals surface area contributed by atoms with Crippen LogP contribution in [0.2, 0.25) is 0 Å². The molecule has 1 heterocycles. The molecule has 0 saturated carbocycles. The lowest BCUT2D eigenvalue weighted by Gasteiger charge is -2.36. The number of methoxy groups -OCH3 is 2. The molecule has 0 radical (unpaired) electrons. The van der Waals surface area contributed by atoms with E-state index in [1.807, 2.05) is 0 Å². The van der Waals surface area contributed by atoms with E-state index in [4.69, 9.17) is 14.2 Å². The van der Waals surface area contributed by atoms with Crippen LogP contribution >= 0.6 is 0 Å². The Morgan fingerprint density at radius 1 is 0.955 bits per heavy atom. The number of ether oxygens (including phenoxy) is 3. The van der Waals surface area contributed by atoms with Gasteiger partial charge in [-0.3, -0.25) is 0 Å². The predicted molar refractivity (Wildman–Crippen MR) is 92.1 cm³/mol. The highest BCUT2D eigenvalue weighted by atomic mass is 16.7. The van der Waals surface area contributed by atoms with E-state index in [0.717, 1.165) is 19.1 Å². The Labute approximate surface area is 138 Å². The van der Waals surface area contributed by atoms with Crippen molar-refractivity contribution in [3.05, 3.63) is 0 Å². The zero-order chi connectivity index (χ0) is 16.3. The quantitative estimate of drug-likeness (QED) is 0.327. The molecule has 1 atom stereocenters. The second-order valence-corrected chi connectivity index (χ2v) is 7.01. The maximum Gasteiger partial charge on any atom is 0.167 e. The topological polar surface area (TPSA) is 27.7 Å². The number of hydrogen-bond donors (Lipinski definition) is 0. The zero-order valence-electron chi connectivity index (χ0n) is 15.4. The van der Waals surface area contributed by atoms with Crippen molar-refractivity contribution in [1.82, 2.24) is 0 Å². The zero-order valence-corrected chi connectivity index (χ0v) is 15.4. The molecule has 1 aliphatic rings. The Balaban J connectivity index is 2.29. The average molecular weight is 315 g/mol. The molecule has 0 aromatic heterocycles. The van der Waals surface area contributed by atoms with Crippen LogP contribution in [-0.4, -0.2) is 33.2 Å². The SMILES string of the molecule is CCCCCCCCC(CCCC1COC1)C(C)(OC)OC. The minimum Gasteiger partial charge on any atom is -0.381 e. The van der Waals surface area contributed by atoms with Crippen LogP contribution in [0.3, 0.4) is 0 Å². The first-order valence-corrected chi connectivity index (χ1v) is 9.34. The molecule has 3 nitrogen and oxygen atoms in total. The van der Waals surface area contributed by atoms with Gasteiger partial charge in [-0.2, -0.15) is 0 Å². The minimum atomic E-state index is -0.431. The van der Waals surface area contributed by atoms with Crippen molar-refractivity contribution in [2.24, 2.45) is 11.8 Å². The van der Waals surface area contributed by atoms with Gasteiger partial charge in [0, 0.05) is 26.1 Å². The molecule has 1 rings (SSSR count). The normalized spacial score (nSPS) is 17.5. The van der Waals surface area contributed by atoms with E-state index < -0.39 is 5.79 Å². The Kier molecular flexibility index (Phi) is 10.3. The van der Waals surface area contributed by atoms with Gasteiger partial charge in [-0.15, -0.1) is 0 Å². The number of unbranched alkanes of at least 4 members (excludes halogenated alkanes) is 5. The van der Waals surface area contributed by atoms with Crippen molar-refractivity contribution in [2.75, 3.05) is 27.4 Å². The van der Waals surface area contributed by atoms with Gasteiger partial charge in [0.2, 0.25) is 0 Å². The standard InChI is InChI=1S/C19H38O3/c1-5-6-7-8-9-10-13-18(19(2,20-3)21-4)14-11-12-17-15-22-16-17/h17-18H,5-16H2,1-4H3. The molecule has 0 aromatic rings. The molecule has 22 heavy (non-hydrogen) atoms. The first-order chi connectivity index (χ1) is 10.7. The molecule has 132 valence electrons. The van der Waals surface area contributed by atoms with Gasteiger partial charge in [0.25, 0.3) is 0 Å². The summed E-state index contributed by atoms with van der Waals surface area (Å²) in [4.78, 5) is 0. The lowest BCUT2D eigenvalue weighted by molar-refractivity contribution is -0.230. The third-order valence-corrected chi connectivity index (χ3v) is 5.33. The van der Waals surface area contributed by atoms with Gasteiger partial charge >= 0.3 is 0 Å². The molecule has 1 fully saturated rings. The summed E-state index contributed by atoms with van der Waals surface area (Å²) in [5.41, 5.74) is 0. The second kappa shape index (κ2) is 11.4. The van der Waals surface area contributed by atoms with Gasteiger partial charge in [-0.25, -0.2) is 0 Å². The summed E-state index contributed by atoms with van der Waals surface area (Å²) in [5, 5.41) is 0. The Hall–Kier alpha value is -0.120. The van der Waals surface area contributed by atoms with E-state index in [1.165, 1.54) is 64.2 Å². The Bertz CT molecular complexity index is 259. The largest absolute Gasteiger partial charge is 0.381 e. The first kappa shape index (κ1) is 19.9. The second-order valence-electron chi connectivity index (χ2n) is 7.01. The van der Waals surface area contributed by atoms with E-state index in [9.17, 15) is 0 Å². The fourth-order valence-corrected chi connectivity index (χ4v) is 3.36. The highest BCUT2D eigenvalue weighted by Crippen LogP contribution is 2.32. The fraction of sp³-hybridized carbons (Fsp3) is 1.00. The molecule has 1 unspecified atom stereocenters. The van der Waals surface area contributed by atoms with Crippen molar-refractivity contribution in [3.8, 4) is 0 Å². The van der Waals surface area contributed by atoms with Gasteiger partial charge < -0.3 is 14.2 Å². The molecule has 0 amide bonds. The summed E-state index contributed by atoms with van der Waals surface area (Å²) < 4.78 is 16.7. The summed E-state index contributed by atoms with van der Waals surface area (Å²) in [7, 11) is 3.55. The van der Waals surface area contributed by atoms with Gasteiger partial charge in [0.1, 0.15) is 0 Å². The lowest BCUT2D eigenvalue weighted by atomic mass is 9.86. The summed E-state index contributed by atoms with van der Waals surface area (Å²) in [6, 6.07) is 0. The lowest BCUT2D eigenvalue weighted by Crippen LogP contribution is -2.39. The minimum absolute atomic E-state index is 0.431. The highest BCUT2D eigenvalue weighted by molar-refractivity contribution is 4.76. The van der Waals surface area contributed by atoms with Crippen LogP contribution in [0, 0.1) is 11.8 Å². The van der Waals surface area contributed by atoms with Crippen LogP contribution in [0.1, 0.15) is 78.1 Å². The molecule has 1 aliphatic heterocycles. The van der Waals surface area contributed by atoms with Crippen molar-refractivity contribution in [2.45, 2.75) is 83.8 Å². The van der Waals surface area contributed by atoms with Crippen LogP contribution in [0.4, 0.5) is 0 Å². The monoisotopic (exact) mass is 314 g/mol. The van der Waals surface area contributed by atoms with Gasteiger partial charge in [0.15, 0.2) is 5.79 Å². The van der Waals surface area contributed by atoms with E-state index >= 15 is 0 Å². The van der Waals surface area contributed by atoms with E-state index in [-0.39, 0.29) is 0 Å². The average Bonchev–Trinajstić information content (AvgIpc) is 2.50. The van der Waals surface area contributed by atoms with Crippen LogP contribution in [0.25, 0.3) is 0 Å². The maximum atomic E-state index is 5.70. The van der Waals surface area contributed by atoms with Crippen LogP contribution in [-0.2, 0) is 14.2 Å². The Morgan fingerprint density at radius 2 is 1.55 bits per heavy atom. The Morgan fingerprint density at radius 3 is 2.09 bits per heavy atom. The molecule has 0 bridgehead atoms. The summed E-state index contributed by atoms with van der Waals surface area (Å²) in [5.74, 6) is 0.861. The summed E-state index contributed by atoms with van der Waals surface area (Å²) in [6.45, 7) is 6.30.